The van der Waals surface area contributed by atoms with E-state index in [0.29, 0.717) is 30.7 Å². The molecule has 1 aliphatic carbocycles. The molecule has 6 nitrogen and oxygen atoms in total. The predicted octanol–water partition coefficient (Wildman–Crippen LogP) is 0.956. The number of ether oxygens (including phenoxy) is 1. The van der Waals surface area contributed by atoms with Crippen molar-refractivity contribution >= 4 is 11.9 Å². The summed E-state index contributed by atoms with van der Waals surface area (Å²) in [5, 5.41) is 6.02. The molecule has 1 amide bonds. The zero-order valence-electron chi connectivity index (χ0n) is 10.5. The van der Waals surface area contributed by atoms with E-state index in [0.717, 1.165) is 19.3 Å². The summed E-state index contributed by atoms with van der Waals surface area (Å²) in [5.41, 5.74) is 0. The highest BCUT2D eigenvalue weighted by molar-refractivity contribution is 5.76. The van der Waals surface area contributed by atoms with E-state index in [2.05, 4.69) is 20.6 Å². The molecule has 0 aromatic carbocycles. The Hall–Kier alpha value is -1.85. The van der Waals surface area contributed by atoms with Gasteiger partial charge in [0.2, 0.25) is 11.9 Å². The summed E-state index contributed by atoms with van der Waals surface area (Å²) in [6, 6.07) is 0.440. The van der Waals surface area contributed by atoms with Gasteiger partial charge < -0.3 is 15.4 Å². The smallest absolute Gasteiger partial charge is 0.222 e. The summed E-state index contributed by atoms with van der Waals surface area (Å²) in [5.74, 6) is 1.32. The lowest BCUT2D eigenvalue weighted by Crippen LogP contribution is -2.25. The number of methoxy groups -OCH3 is 1. The van der Waals surface area contributed by atoms with Gasteiger partial charge in [-0.3, -0.25) is 4.79 Å². The number of amides is 1. The number of carbonyl (C=O) groups is 1. The van der Waals surface area contributed by atoms with Crippen molar-refractivity contribution in [3.63, 3.8) is 0 Å². The average molecular weight is 250 g/mol. The fourth-order valence-electron chi connectivity index (χ4n) is 1.49. The molecule has 18 heavy (non-hydrogen) atoms. The molecule has 0 spiro atoms. The molecule has 1 aromatic heterocycles. The monoisotopic (exact) mass is 250 g/mol. The summed E-state index contributed by atoms with van der Waals surface area (Å²) in [7, 11) is 1.57. The van der Waals surface area contributed by atoms with Crippen LogP contribution in [0.4, 0.5) is 5.95 Å². The average Bonchev–Trinajstić information content (AvgIpc) is 3.19. The lowest BCUT2D eigenvalue weighted by atomic mass is 10.3. The van der Waals surface area contributed by atoms with Crippen LogP contribution in [-0.4, -0.2) is 35.6 Å². The standard InChI is InChI=1S/C12H18N4O2/c1-18-10-7-14-12(15-8-10)13-6-2-3-11(17)16-9-4-5-9/h7-9H,2-6H2,1H3,(H,16,17)(H,13,14,15). The highest BCUT2D eigenvalue weighted by Gasteiger charge is 2.22. The largest absolute Gasteiger partial charge is 0.494 e. The van der Waals surface area contributed by atoms with Gasteiger partial charge in [-0.1, -0.05) is 0 Å². The normalized spacial score (nSPS) is 14.1. The second-order valence-electron chi connectivity index (χ2n) is 4.32. The van der Waals surface area contributed by atoms with E-state index < -0.39 is 0 Å². The van der Waals surface area contributed by atoms with Gasteiger partial charge in [-0.25, -0.2) is 9.97 Å². The number of nitrogens with zero attached hydrogens (tertiary/aromatic N) is 2. The van der Waals surface area contributed by atoms with E-state index in [9.17, 15) is 4.79 Å². The minimum atomic E-state index is 0.134. The fraction of sp³-hybridized carbons (Fsp3) is 0.583. The molecule has 1 aliphatic rings. The third-order valence-electron chi connectivity index (χ3n) is 2.67. The molecular weight excluding hydrogens is 232 g/mol. The van der Waals surface area contributed by atoms with Crippen LogP contribution in [0.3, 0.4) is 0 Å². The van der Waals surface area contributed by atoms with Crippen molar-refractivity contribution in [1.82, 2.24) is 15.3 Å². The van der Waals surface area contributed by atoms with Crippen molar-refractivity contribution in [2.75, 3.05) is 19.0 Å². The summed E-state index contributed by atoms with van der Waals surface area (Å²) in [6.45, 7) is 0.685. The highest BCUT2D eigenvalue weighted by atomic mass is 16.5. The number of nitrogens with one attached hydrogen (secondary N) is 2. The van der Waals surface area contributed by atoms with Gasteiger partial charge >= 0.3 is 0 Å². The first-order chi connectivity index (χ1) is 8.78. The minimum Gasteiger partial charge on any atom is -0.494 e. The number of hydrogen-bond acceptors (Lipinski definition) is 5. The van der Waals surface area contributed by atoms with E-state index in [1.807, 2.05) is 0 Å². The van der Waals surface area contributed by atoms with E-state index in [1.165, 1.54) is 0 Å². The van der Waals surface area contributed by atoms with E-state index >= 15 is 0 Å². The second-order valence-corrected chi connectivity index (χ2v) is 4.32. The third-order valence-corrected chi connectivity index (χ3v) is 2.67. The molecule has 1 fully saturated rings. The Kier molecular flexibility index (Phi) is 4.33. The maximum atomic E-state index is 11.4. The second kappa shape index (κ2) is 6.18. The quantitative estimate of drug-likeness (QED) is 0.705. The Bertz CT molecular complexity index is 390. The Balaban J connectivity index is 1.60. The first kappa shape index (κ1) is 12.6. The molecule has 2 N–H and O–H groups in total. The van der Waals surface area contributed by atoms with Crippen LogP contribution < -0.4 is 15.4 Å². The number of carbonyl (C=O) groups excluding carboxylic acids is 1. The van der Waals surface area contributed by atoms with Crippen LogP contribution in [0.25, 0.3) is 0 Å². The molecule has 2 rings (SSSR count). The number of aromatic nitrogens is 2. The van der Waals surface area contributed by atoms with Crippen LogP contribution in [0, 0.1) is 0 Å². The summed E-state index contributed by atoms with van der Waals surface area (Å²) < 4.78 is 4.96. The maximum Gasteiger partial charge on any atom is 0.222 e. The molecule has 0 saturated heterocycles. The van der Waals surface area contributed by atoms with Gasteiger partial charge in [0.25, 0.3) is 0 Å². The van der Waals surface area contributed by atoms with E-state index in [4.69, 9.17) is 4.74 Å². The molecule has 98 valence electrons. The Morgan fingerprint density at radius 3 is 2.78 bits per heavy atom. The molecule has 0 aliphatic heterocycles. The van der Waals surface area contributed by atoms with Crippen molar-refractivity contribution < 1.29 is 9.53 Å². The first-order valence-electron chi connectivity index (χ1n) is 6.17. The zero-order chi connectivity index (χ0) is 12.8. The lowest BCUT2D eigenvalue weighted by molar-refractivity contribution is -0.121. The molecule has 1 aromatic rings. The third kappa shape index (κ3) is 4.20. The molecule has 1 saturated carbocycles. The Morgan fingerprint density at radius 1 is 1.44 bits per heavy atom. The lowest BCUT2D eigenvalue weighted by Gasteiger charge is -2.05. The van der Waals surface area contributed by atoms with E-state index in [-0.39, 0.29) is 5.91 Å². The van der Waals surface area contributed by atoms with Crippen molar-refractivity contribution in [2.24, 2.45) is 0 Å². The van der Waals surface area contributed by atoms with Crippen LogP contribution in [0.2, 0.25) is 0 Å². The molecule has 0 unspecified atom stereocenters. The van der Waals surface area contributed by atoms with Crippen molar-refractivity contribution in [3.8, 4) is 5.75 Å². The van der Waals surface area contributed by atoms with Gasteiger partial charge in [0.1, 0.15) is 0 Å². The molecule has 0 bridgehead atoms. The van der Waals surface area contributed by atoms with Gasteiger partial charge in [0.15, 0.2) is 5.75 Å². The van der Waals surface area contributed by atoms with Gasteiger partial charge in [-0.15, -0.1) is 0 Å². The summed E-state index contributed by atoms with van der Waals surface area (Å²) in [6.07, 6.45) is 6.78. The maximum absolute atomic E-state index is 11.4. The predicted molar refractivity (Wildman–Crippen MR) is 67.5 cm³/mol. The van der Waals surface area contributed by atoms with E-state index in [1.54, 1.807) is 19.5 Å². The highest BCUT2D eigenvalue weighted by Crippen LogP contribution is 2.18. The fourth-order valence-corrected chi connectivity index (χ4v) is 1.49. The Morgan fingerprint density at radius 2 is 2.17 bits per heavy atom. The van der Waals surface area contributed by atoms with Crippen molar-refractivity contribution in [1.29, 1.82) is 0 Å². The van der Waals surface area contributed by atoms with Crippen molar-refractivity contribution in [3.05, 3.63) is 12.4 Å². The number of rotatable bonds is 7. The zero-order valence-corrected chi connectivity index (χ0v) is 10.5. The van der Waals surface area contributed by atoms with Gasteiger partial charge in [0.05, 0.1) is 19.5 Å². The summed E-state index contributed by atoms with van der Waals surface area (Å²) in [4.78, 5) is 19.6. The topological polar surface area (TPSA) is 76.1 Å². The molecule has 0 radical (unpaired) electrons. The van der Waals surface area contributed by atoms with Crippen LogP contribution in [0.15, 0.2) is 12.4 Å². The van der Waals surface area contributed by atoms with Crippen LogP contribution in [0.5, 0.6) is 5.75 Å². The van der Waals surface area contributed by atoms with Crippen LogP contribution in [-0.2, 0) is 4.79 Å². The minimum absolute atomic E-state index is 0.134. The van der Waals surface area contributed by atoms with Crippen LogP contribution >= 0.6 is 0 Å². The number of hydrogen-bond donors (Lipinski definition) is 2. The molecule has 1 heterocycles. The Labute approximate surface area is 106 Å². The molecule has 0 atom stereocenters. The van der Waals surface area contributed by atoms with Gasteiger partial charge in [-0.2, -0.15) is 0 Å². The first-order valence-corrected chi connectivity index (χ1v) is 6.17. The van der Waals surface area contributed by atoms with Crippen molar-refractivity contribution in [2.45, 2.75) is 31.7 Å². The van der Waals surface area contributed by atoms with Crippen LogP contribution in [0.1, 0.15) is 25.7 Å². The SMILES string of the molecule is COc1cnc(NCCCC(=O)NC2CC2)nc1. The van der Waals surface area contributed by atoms with Gasteiger partial charge in [0, 0.05) is 19.0 Å². The summed E-state index contributed by atoms with van der Waals surface area (Å²) >= 11 is 0. The molecule has 6 heteroatoms. The molecular formula is C12H18N4O2. The number of anilines is 1. The van der Waals surface area contributed by atoms with Gasteiger partial charge in [-0.05, 0) is 19.3 Å².